The molecule has 0 amide bonds. The van der Waals surface area contributed by atoms with E-state index in [1.54, 1.807) is 0 Å². The molecule has 21 aliphatic heterocycles. The molecule has 658 valence electrons. The molecule has 7 N–H and O–H groups in total. The zero-order valence-electron chi connectivity index (χ0n) is 62.3. The number of hydrogen-bond donors (Lipinski definition) is 7. The van der Waals surface area contributed by atoms with E-state index in [4.69, 9.17) is 133 Å². The highest BCUT2D eigenvalue weighted by atomic mass is 32.2. The highest BCUT2D eigenvalue weighted by Gasteiger charge is 2.63. The number of ether oxygens (including phenoxy) is 28. The Balaban J connectivity index is 1.34. The van der Waals surface area contributed by atoms with Crippen LogP contribution in [0.2, 0.25) is 0 Å². The molecule has 21 rings (SSSR count). The largest absolute Gasteiger partial charge is 0.376 e. The Labute approximate surface area is 645 Å². The maximum Gasteiger partial charge on any atom is 0.267 e. The van der Waals surface area contributed by atoms with Gasteiger partial charge in [0, 0.05) is 99.5 Å². The Morgan fingerprint density at radius 3 is 0.330 bits per heavy atom. The van der Waals surface area contributed by atoms with Gasteiger partial charge in [0.15, 0.2) is 44.0 Å². The minimum absolute atomic E-state index is 1.03. The smallest absolute Gasteiger partial charge is 0.267 e. The van der Waals surface area contributed by atoms with E-state index in [2.05, 4.69) is 0 Å². The Kier molecular flexibility index (Phi) is 33.7. The highest BCUT2D eigenvalue weighted by molar-refractivity contribution is 7.87. The summed E-state index contributed by atoms with van der Waals surface area (Å²) in [5.41, 5.74) is 0. The van der Waals surface area contributed by atoms with E-state index in [-0.39, 0.29) is 0 Å². The van der Waals surface area contributed by atoms with E-state index in [9.17, 15) is 90.8 Å². The van der Waals surface area contributed by atoms with Crippen LogP contribution in [0, 0.1) is 0 Å². The van der Waals surface area contributed by atoms with Crippen molar-refractivity contribution in [1.29, 1.82) is 0 Å². The molecule has 0 aromatic heterocycles. The van der Waals surface area contributed by atoms with Gasteiger partial charge in [-0.05, 0) is 0 Å². The average molecular weight is 1780 g/mol. The third kappa shape index (κ3) is 23.7. The van der Waals surface area contributed by atoms with E-state index in [0.29, 0.717) is 0 Å². The molecule has 56 heteroatoms. The zero-order chi connectivity index (χ0) is 83.5. The van der Waals surface area contributed by atoms with Gasteiger partial charge in [0.05, 0.1) is 0 Å². The van der Waals surface area contributed by atoms with Gasteiger partial charge in [0.1, 0.15) is 211 Å². The highest BCUT2D eigenvalue weighted by Crippen LogP contribution is 2.44. The molecule has 14 bridgehead atoms. The summed E-state index contributed by atoms with van der Waals surface area (Å²) in [6.45, 7) is 0. The van der Waals surface area contributed by atoms with Crippen LogP contribution in [-0.2, 0) is 203 Å². The van der Waals surface area contributed by atoms with E-state index < -0.39 is 326 Å². The van der Waals surface area contributed by atoms with Crippen molar-refractivity contribution in [2.75, 3.05) is 140 Å². The first-order chi connectivity index (χ1) is 52.2. The van der Waals surface area contributed by atoms with Crippen LogP contribution in [0.25, 0.3) is 0 Å². The predicted molar refractivity (Wildman–Crippen MR) is 361 cm³/mol. The monoisotopic (exact) mass is 1780 g/mol. The molecule has 21 aliphatic rings. The van der Waals surface area contributed by atoms with Crippen LogP contribution in [0.5, 0.6) is 0 Å². The van der Waals surface area contributed by atoms with Crippen molar-refractivity contribution in [2.24, 2.45) is 0 Å². The fourth-order valence-corrected chi connectivity index (χ4v) is 19.9. The summed E-state index contributed by atoms with van der Waals surface area (Å²) >= 11 is 0. The molecule has 49 nitrogen and oxygen atoms in total. The second kappa shape index (κ2) is 39.4. The Morgan fingerprint density at radius 2 is 0.259 bits per heavy atom. The second-order valence-corrected chi connectivity index (χ2v) is 37.0. The summed E-state index contributed by atoms with van der Waals surface area (Å²) < 4.78 is 430. The van der Waals surface area contributed by atoms with Gasteiger partial charge in [-0.3, -0.25) is 31.9 Å². The van der Waals surface area contributed by atoms with Crippen LogP contribution in [0.15, 0.2) is 0 Å². The molecule has 0 aliphatic carbocycles. The molecule has 0 spiro atoms. The molecule has 21 saturated heterocycles. The summed E-state index contributed by atoms with van der Waals surface area (Å²) in [7, 11) is -22.5. The van der Waals surface area contributed by atoms with Gasteiger partial charge in [0.2, 0.25) is 0 Å². The Morgan fingerprint density at radius 1 is 0.170 bits per heavy atom. The molecule has 21 heterocycles. The van der Waals surface area contributed by atoms with Crippen LogP contribution < -0.4 is 0 Å². The first-order valence-corrected chi connectivity index (χ1v) is 44.7. The normalized spacial score (nSPS) is 42.8. The second-order valence-electron chi connectivity index (χ2n) is 26.5. The van der Waals surface area contributed by atoms with Gasteiger partial charge in [-0.1, -0.05) is 0 Å². The topological polar surface area (TPSA) is 639 Å². The number of rotatable bonds is 28. The van der Waals surface area contributed by atoms with Gasteiger partial charge >= 0.3 is 0 Å². The summed E-state index contributed by atoms with van der Waals surface area (Å²) in [6, 6.07) is 0. The molecule has 35 atom stereocenters. The van der Waals surface area contributed by atoms with Crippen LogP contribution in [-0.4, -0.2) is 446 Å². The summed E-state index contributed by atoms with van der Waals surface area (Å²) in [4.78, 5) is 0. The predicted octanol–water partition coefficient (Wildman–Crippen LogP) is -6.80. The summed E-state index contributed by atoms with van der Waals surface area (Å²) in [5.74, 6) is -10.2. The third-order valence-electron chi connectivity index (χ3n) is 19.6. The fourth-order valence-electron chi connectivity index (χ4n) is 15.2. The van der Waals surface area contributed by atoms with Crippen molar-refractivity contribution in [2.45, 2.75) is 215 Å². The molecule has 21 fully saturated rings. The van der Waals surface area contributed by atoms with Crippen LogP contribution in [0.4, 0.5) is 0 Å². The summed E-state index contributed by atoms with van der Waals surface area (Å²) in [5, 5.41) is 0. The van der Waals surface area contributed by atoms with Crippen molar-refractivity contribution in [3.8, 4) is 0 Å². The van der Waals surface area contributed by atoms with Gasteiger partial charge in [-0.25, -0.2) is 0 Å². The maximum absolute atomic E-state index is 13.2. The molecular weight excluding hydrogens is 1680 g/mol. The SMILES string of the molecule is CO[C@H]1[C@H]2OC3O[C@H](CS(=O)(=O)O)[C@@H](O[C@H]4O[C@H](CS(=O)(=O)O)[C@@H](O[C@H]5O[C@H](CS(=O)(=O)O)[C@@H](O[C@H]6O[C@H](CS(=O)(=O)O)[C@@H](O[C@@H]7O[C@@H](CS(=O)(=O)O)[C@H](O[C@@H]8O[C@@H](CS(=O)(=O)O)[C@H](O[C@H](O[C@H]2CS(=O)(=O)O)[C@@H]1OC)[C@H](OC)[C@H]8OC)[C@H](OC)[C@H]7OC)[C@@H](OC)[C@@H]6OC)[C@@H](OC)[C@@H]5OC)[C@@H](OC)[C@@H]4OC)[C@@H](OC)[C@H]3OC. The first kappa shape index (κ1) is 95.7. The van der Waals surface area contributed by atoms with Crippen molar-refractivity contribution >= 4 is 70.8 Å². The quantitative estimate of drug-likeness (QED) is 0.0358. The lowest BCUT2D eigenvalue weighted by Crippen LogP contribution is -2.69. The maximum atomic E-state index is 13.2. The van der Waals surface area contributed by atoms with Crippen LogP contribution >= 0.6 is 0 Å². The van der Waals surface area contributed by atoms with Crippen LogP contribution in [0.3, 0.4) is 0 Å². The van der Waals surface area contributed by atoms with Gasteiger partial charge in [-0.2, -0.15) is 58.9 Å². The van der Waals surface area contributed by atoms with Crippen molar-refractivity contribution in [3.63, 3.8) is 0 Å². The zero-order valence-corrected chi connectivity index (χ0v) is 68.0. The lowest BCUT2D eigenvalue weighted by molar-refractivity contribution is -0.395. The Hall–Kier alpha value is -1.75. The lowest BCUT2D eigenvalue weighted by Gasteiger charge is -2.52. The lowest BCUT2D eigenvalue weighted by atomic mass is 9.95. The van der Waals surface area contributed by atoms with Gasteiger partial charge in [-0.15, -0.1) is 0 Å². The Bertz CT molecular complexity index is 3160. The van der Waals surface area contributed by atoms with Crippen molar-refractivity contribution in [3.05, 3.63) is 0 Å². The molecule has 0 aromatic rings. The third-order valence-corrected chi connectivity index (χ3v) is 24.9. The van der Waals surface area contributed by atoms with Gasteiger partial charge in [0.25, 0.3) is 70.8 Å². The molecule has 112 heavy (non-hydrogen) atoms. The van der Waals surface area contributed by atoms with E-state index >= 15 is 0 Å². The fraction of sp³-hybridized carbons (Fsp3) is 1.00. The number of methoxy groups -OCH3 is 14. The number of hydrogen-bond acceptors (Lipinski definition) is 42. The summed E-state index contributed by atoms with van der Waals surface area (Å²) in [6.07, 6.45) is -67.8. The molecule has 0 saturated carbocycles. The standard InChI is InChI=1S/C56H98O49S7/c1-78-36-29-22(15-106(57,58)59)92-50(43(36)85-8)100-30-23(16-107(60,61)62)94-52(45(87-10)37(30)79-2)102-32-25(18-109(66,67)68)96-54(47(89-12)39(32)81-4)104-34-27(20-111(72,73)74)98-56(49(91-14)41(34)83-6)105-35-28(21-112(75,76)77)97-55(48(90-13)42(35)84-7)103-33-26(19-110(69,70)71)95-53(46(88-11)40(33)82-5)101-31-24(17-108(63,64)65)93-51(99-29)44(86-9)38(31)80-3/h22-56H,15-21H2,1-14H3,(H,57,58,59)(H,60,61,62)(H,63,64,65)(H,66,67,68)(H,69,70,71)(H,72,73,74)(H,75,76,77)/t22-,23-,24-,25-,26+,27+,28+,29-,30-,31-,32-,33+,34+,35+,36-,37-,38-,39-,40+,41+,42+,43+,44+,45+,46-,47-,48-,49-,50-,51-,52-,53+,54?,55+,56+/m1/s1. The molecule has 1 unspecified atom stereocenters. The molecule has 0 radical (unpaired) electrons. The van der Waals surface area contributed by atoms with Crippen molar-refractivity contribution in [1.82, 2.24) is 0 Å². The average Bonchev–Trinajstić information content (AvgIpc) is 0.762. The van der Waals surface area contributed by atoms with Gasteiger partial charge < -0.3 is 133 Å². The van der Waals surface area contributed by atoms with Crippen molar-refractivity contribution < 1.29 is 223 Å². The van der Waals surface area contributed by atoms with E-state index in [1.165, 1.54) is 0 Å². The van der Waals surface area contributed by atoms with E-state index in [0.717, 1.165) is 99.5 Å². The van der Waals surface area contributed by atoms with Crippen LogP contribution in [0.1, 0.15) is 0 Å². The minimum Gasteiger partial charge on any atom is -0.376 e. The minimum atomic E-state index is -5.28. The molecule has 0 aromatic carbocycles. The van der Waals surface area contributed by atoms with E-state index in [1.807, 2.05) is 0 Å². The first-order valence-electron chi connectivity index (χ1n) is 33.4. The molecular formula is C56H98O49S7.